The minimum absolute atomic E-state index is 0.272. The van der Waals surface area contributed by atoms with E-state index >= 15 is 0 Å². The van der Waals surface area contributed by atoms with Crippen LogP contribution < -0.4 is 10.0 Å². The van der Waals surface area contributed by atoms with Crippen molar-refractivity contribution in [2.45, 2.75) is 37.4 Å². The van der Waals surface area contributed by atoms with Gasteiger partial charge < -0.3 is 5.32 Å². The summed E-state index contributed by atoms with van der Waals surface area (Å²) < 4.78 is 26.7. The number of carbonyl (C=O) groups excluding carboxylic acids is 1. The van der Waals surface area contributed by atoms with E-state index < -0.39 is 15.9 Å². The van der Waals surface area contributed by atoms with Crippen LogP contribution in [0.15, 0.2) is 42.2 Å². The van der Waals surface area contributed by atoms with Crippen molar-refractivity contribution in [3.63, 3.8) is 0 Å². The molecule has 1 fully saturated rings. The van der Waals surface area contributed by atoms with Gasteiger partial charge in [-0.1, -0.05) is 6.92 Å². The summed E-state index contributed by atoms with van der Waals surface area (Å²) in [6.45, 7) is 1.86. The van der Waals surface area contributed by atoms with Crippen molar-refractivity contribution in [2.24, 2.45) is 0 Å². The number of hydrogen-bond donors (Lipinski definition) is 2. The molecule has 3 aromatic heterocycles. The zero-order valence-corrected chi connectivity index (χ0v) is 18.8. The lowest BCUT2D eigenvalue weighted by molar-refractivity contribution is -0.117. The highest BCUT2D eigenvalue weighted by atomic mass is 32.2. The SMILES string of the molecule is CCC(C(=O)Nc1ccc(-c2cncc(C#N)c2)cn1)c1csc(NS(=O)(=O)C2CC2)n1. The Kier molecular flexibility index (Phi) is 6.16. The molecule has 32 heavy (non-hydrogen) atoms. The predicted octanol–water partition coefficient (Wildman–Crippen LogP) is 3.51. The van der Waals surface area contributed by atoms with E-state index in [0.29, 0.717) is 36.3 Å². The van der Waals surface area contributed by atoms with E-state index in [1.165, 1.54) is 17.5 Å². The average molecular weight is 469 g/mol. The summed E-state index contributed by atoms with van der Waals surface area (Å²) in [7, 11) is -3.39. The molecule has 11 heteroatoms. The molecule has 0 radical (unpaired) electrons. The van der Waals surface area contributed by atoms with Gasteiger partial charge in [0.1, 0.15) is 11.9 Å². The van der Waals surface area contributed by atoms with Gasteiger partial charge in [0.05, 0.1) is 22.4 Å². The first-order chi connectivity index (χ1) is 15.4. The van der Waals surface area contributed by atoms with E-state index in [-0.39, 0.29) is 16.3 Å². The molecule has 2 N–H and O–H groups in total. The van der Waals surface area contributed by atoms with Gasteiger partial charge in [0, 0.05) is 35.1 Å². The third kappa shape index (κ3) is 4.92. The van der Waals surface area contributed by atoms with Crippen LogP contribution in [0.5, 0.6) is 0 Å². The average Bonchev–Trinajstić information content (AvgIpc) is 3.57. The quantitative estimate of drug-likeness (QED) is 0.516. The lowest BCUT2D eigenvalue weighted by Gasteiger charge is -2.13. The minimum Gasteiger partial charge on any atom is -0.310 e. The second kappa shape index (κ2) is 9.02. The van der Waals surface area contributed by atoms with E-state index in [1.807, 2.05) is 13.0 Å². The summed E-state index contributed by atoms with van der Waals surface area (Å²) in [6, 6.07) is 7.23. The summed E-state index contributed by atoms with van der Waals surface area (Å²) in [5, 5.41) is 13.4. The van der Waals surface area contributed by atoms with Gasteiger partial charge in [0.2, 0.25) is 15.9 Å². The van der Waals surface area contributed by atoms with Crippen LogP contribution in [0.1, 0.15) is 43.4 Å². The molecule has 0 spiro atoms. The Labute approximate surface area is 189 Å². The molecule has 3 heterocycles. The number of amides is 1. The number of thiazole rings is 1. The lowest BCUT2D eigenvalue weighted by Crippen LogP contribution is -2.22. The maximum absolute atomic E-state index is 12.8. The molecule has 3 aromatic rings. The fourth-order valence-electron chi connectivity index (χ4n) is 3.12. The Hall–Kier alpha value is -3.36. The number of rotatable bonds is 8. The molecular weight excluding hydrogens is 448 g/mol. The molecular formula is C21H20N6O3S2. The maximum Gasteiger partial charge on any atom is 0.237 e. The van der Waals surface area contributed by atoms with Gasteiger partial charge >= 0.3 is 0 Å². The van der Waals surface area contributed by atoms with Crippen molar-refractivity contribution in [1.82, 2.24) is 15.0 Å². The topological polar surface area (TPSA) is 138 Å². The van der Waals surface area contributed by atoms with Crippen molar-refractivity contribution >= 4 is 38.2 Å². The summed E-state index contributed by atoms with van der Waals surface area (Å²) in [6.07, 6.45) is 6.55. The Bertz CT molecular complexity index is 1280. The fourth-order valence-corrected chi connectivity index (χ4v) is 5.48. The molecule has 0 saturated heterocycles. The van der Waals surface area contributed by atoms with Gasteiger partial charge in [-0.15, -0.1) is 11.3 Å². The van der Waals surface area contributed by atoms with Crippen LogP contribution in [0.2, 0.25) is 0 Å². The van der Waals surface area contributed by atoms with E-state index in [2.05, 4.69) is 25.0 Å². The van der Waals surface area contributed by atoms with Crippen LogP contribution in [0, 0.1) is 11.3 Å². The molecule has 0 bridgehead atoms. The number of nitriles is 1. The number of aromatic nitrogens is 3. The van der Waals surface area contributed by atoms with Crippen LogP contribution in [-0.2, 0) is 14.8 Å². The van der Waals surface area contributed by atoms with E-state index in [1.54, 1.807) is 36.0 Å². The molecule has 0 aromatic carbocycles. The van der Waals surface area contributed by atoms with Gasteiger partial charge in [-0.2, -0.15) is 5.26 Å². The van der Waals surface area contributed by atoms with Crippen LogP contribution >= 0.6 is 11.3 Å². The number of anilines is 2. The molecule has 1 aliphatic rings. The molecule has 1 atom stereocenters. The van der Waals surface area contributed by atoms with Crippen molar-refractivity contribution in [3.05, 3.63) is 53.4 Å². The summed E-state index contributed by atoms with van der Waals surface area (Å²) in [4.78, 5) is 25.5. The van der Waals surface area contributed by atoms with Crippen molar-refractivity contribution in [2.75, 3.05) is 10.0 Å². The van der Waals surface area contributed by atoms with Gasteiger partial charge in [-0.3, -0.25) is 14.5 Å². The predicted molar refractivity (Wildman–Crippen MR) is 122 cm³/mol. The highest BCUT2D eigenvalue weighted by Gasteiger charge is 2.36. The van der Waals surface area contributed by atoms with Crippen molar-refractivity contribution in [3.8, 4) is 17.2 Å². The lowest BCUT2D eigenvalue weighted by atomic mass is 10.0. The van der Waals surface area contributed by atoms with Crippen LogP contribution in [-0.4, -0.2) is 34.5 Å². The van der Waals surface area contributed by atoms with Crippen LogP contribution in [0.3, 0.4) is 0 Å². The van der Waals surface area contributed by atoms with Crippen molar-refractivity contribution < 1.29 is 13.2 Å². The summed E-state index contributed by atoms with van der Waals surface area (Å²) >= 11 is 1.17. The Morgan fingerprint density at radius 1 is 1.28 bits per heavy atom. The monoisotopic (exact) mass is 468 g/mol. The first-order valence-electron chi connectivity index (χ1n) is 9.99. The van der Waals surface area contributed by atoms with Gasteiger partial charge in [-0.05, 0) is 37.5 Å². The summed E-state index contributed by atoms with van der Waals surface area (Å²) in [5.74, 6) is -0.433. The fraction of sp³-hybridized carbons (Fsp3) is 0.286. The third-order valence-electron chi connectivity index (χ3n) is 5.01. The molecule has 1 amide bonds. The third-order valence-corrected chi connectivity index (χ3v) is 7.74. The first kappa shape index (κ1) is 21.9. The zero-order chi connectivity index (χ0) is 22.7. The maximum atomic E-state index is 12.8. The molecule has 1 aliphatic carbocycles. The highest BCUT2D eigenvalue weighted by Crippen LogP contribution is 2.32. The molecule has 1 unspecified atom stereocenters. The summed E-state index contributed by atoms with van der Waals surface area (Å²) in [5.41, 5.74) is 2.49. The molecule has 9 nitrogen and oxygen atoms in total. The van der Waals surface area contributed by atoms with E-state index in [0.717, 1.165) is 11.1 Å². The van der Waals surface area contributed by atoms with Gasteiger partial charge in [0.15, 0.2) is 5.13 Å². The zero-order valence-electron chi connectivity index (χ0n) is 17.1. The molecule has 164 valence electrons. The molecule has 1 saturated carbocycles. The standard InChI is InChI=1S/C21H20N6O3S2/c1-2-17(18-12-31-21(25-18)27-32(29,30)16-4-5-16)20(28)26-19-6-3-14(11-24-19)15-7-13(8-22)9-23-10-15/h3,6-7,9-12,16-17H,2,4-5H2,1H3,(H,25,27)(H,24,26,28). The van der Waals surface area contributed by atoms with E-state index in [4.69, 9.17) is 5.26 Å². The Balaban J connectivity index is 1.43. The van der Waals surface area contributed by atoms with Crippen LogP contribution in [0.4, 0.5) is 10.9 Å². The number of pyridine rings is 2. The smallest absolute Gasteiger partial charge is 0.237 e. The highest BCUT2D eigenvalue weighted by molar-refractivity contribution is 7.93. The van der Waals surface area contributed by atoms with Crippen molar-refractivity contribution in [1.29, 1.82) is 5.26 Å². The second-order valence-corrected chi connectivity index (χ2v) is 10.2. The van der Waals surface area contributed by atoms with Crippen LogP contribution in [0.25, 0.3) is 11.1 Å². The molecule has 4 rings (SSSR count). The second-order valence-electron chi connectivity index (χ2n) is 7.38. The number of sulfonamides is 1. The number of nitrogens with zero attached hydrogens (tertiary/aromatic N) is 4. The molecule has 0 aliphatic heterocycles. The Morgan fingerprint density at radius 3 is 2.75 bits per heavy atom. The van der Waals surface area contributed by atoms with Gasteiger partial charge in [0.25, 0.3) is 0 Å². The normalized spacial score (nSPS) is 14.4. The van der Waals surface area contributed by atoms with Gasteiger partial charge in [-0.25, -0.2) is 18.4 Å². The van der Waals surface area contributed by atoms with E-state index in [9.17, 15) is 13.2 Å². The first-order valence-corrected chi connectivity index (χ1v) is 12.4. The Morgan fingerprint density at radius 2 is 2.09 bits per heavy atom. The number of hydrogen-bond acceptors (Lipinski definition) is 8. The number of carbonyl (C=O) groups is 1. The minimum atomic E-state index is -3.39. The number of nitrogens with one attached hydrogen (secondary N) is 2. The largest absolute Gasteiger partial charge is 0.310 e.